The van der Waals surface area contributed by atoms with Crippen LogP contribution in [0.4, 0.5) is 0 Å². The molecule has 2 rings (SSSR count). The SMILES string of the molecule is CCCc1c[nH]c2ccccc12.N. The quantitative estimate of drug-likeness (QED) is 0.724. The Bertz CT molecular complexity index is 376. The summed E-state index contributed by atoms with van der Waals surface area (Å²) in [7, 11) is 0. The van der Waals surface area contributed by atoms with Gasteiger partial charge in [0.25, 0.3) is 0 Å². The Kier molecular flexibility index (Phi) is 3.09. The van der Waals surface area contributed by atoms with Crippen LogP contribution in [0.2, 0.25) is 0 Å². The minimum atomic E-state index is 0. The molecule has 1 aromatic carbocycles. The van der Waals surface area contributed by atoms with Crippen molar-refractivity contribution in [2.75, 3.05) is 0 Å². The average Bonchev–Trinajstić information content (AvgIpc) is 2.50. The fraction of sp³-hybridized carbons (Fsp3) is 0.273. The van der Waals surface area contributed by atoms with Crippen molar-refractivity contribution in [3.63, 3.8) is 0 Å². The van der Waals surface area contributed by atoms with Crippen molar-refractivity contribution in [1.29, 1.82) is 0 Å². The van der Waals surface area contributed by atoms with E-state index in [1.807, 2.05) is 0 Å². The maximum atomic E-state index is 3.27. The Labute approximate surface area is 78.6 Å². The number of aromatic nitrogens is 1. The molecule has 2 nitrogen and oxygen atoms in total. The van der Waals surface area contributed by atoms with Gasteiger partial charge in [0.15, 0.2) is 0 Å². The summed E-state index contributed by atoms with van der Waals surface area (Å²) < 4.78 is 0. The zero-order chi connectivity index (χ0) is 8.39. The fourth-order valence-electron chi connectivity index (χ4n) is 1.61. The molecular formula is C11H16N2. The molecule has 70 valence electrons. The van der Waals surface area contributed by atoms with E-state index in [0.29, 0.717) is 0 Å². The predicted molar refractivity (Wildman–Crippen MR) is 57.3 cm³/mol. The highest BCUT2D eigenvalue weighted by atomic mass is 14.7. The van der Waals surface area contributed by atoms with Gasteiger partial charge < -0.3 is 11.1 Å². The molecule has 1 heterocycles. The molecule has 0 aliphatic carbocycles. The molecule has 0 aliphatic rings. The van der Waals surface area contributed by atoms with Gasteiger partial charge in [-0.1, -0.05) is 31.5 Å². The topological polar surface area (TPSA) is 50.8 Å². The lowest BCUT2D eigenvalue weighted by molar-refractivity contribution is 0.929. The van der Waals surface area contributed by atoms with Crippen molar-refractivity contribution < 1.29 is 0 Å². The largest absolute Gasteiger partial charge is 0.361 e. The number of nitrogens with one attached hydrogen (secondary N) is 1. The number of benzene rings is 1. The molecule has 0 atom stereocenters. The van der Waals surface area contributed by atoms with Crippen LogP contribution in [0.1, 0.15) is 18.9 Å². The zero-order valence-electron chi connectivity index (χ0n) is 8.01. The molecule has 0 spiro atoms. The summed E-state index contributed by atoms with van der Waals surface area (Å²) in [6.45, 7) is 2.21. The molecule has 2 aromatic rings. The molecule has 2 heteroatoms. The molecule has 0 amide bonds. The number of aryl methyl sites for hydroxylation is 1. The molecular weight excluding hydrogens is 160 g/mol. The second-order valence-corrected chi connectivity index (χ2v) is 3.11. The third-order valence-corrected chi connectivity index (χ3v) is 2.19. The summed E-state index contributed by atoms with van der Waals surface area (Å²) in [6.07, 6.45) is 4.50. The van der Waals surface area contributed by atoms with Crippen molar-refractivity contribution in [2.45, 2.75) is 19.8 Å². The maximum Gasteiger partial charge on any atom is 0.0456 e. The molecule has 0 fully saturated rings. The van der Waals surface area contributed by atoms with Crippen LogP contribution >= 0.6 is 0 Å². The number of hydrogen-bond donors (Lipinski definition) is 2. The first-order chi connectivity index (χ1) is 5.92. The Morgan fingerprint density at radius 2 is 2.00 bits per heavy atom. The van der Waals surface area contributed by atoms with E-state index in [2.05, 4.69) is 42.4 Å². The first-order valence-electron chi connectivity index (χ1n) is 4.47. The Morgan fingerprint density at radius 1 is 1.23 bits per heavy atom. The fourth-order valence-corrected chi connectivity index (χ4v) is 1.61. The summed E-state index contributed by atoms with van der Waals surface area (Å²) in [4.78, 5) is 3.27. The van der Waals surface area contributed by atoms with Crippen LogP contribution in [0.5, 0.6) is 0 Å². The number of para-hydroxylation sites is 1. The lowest BCUT2D eigenvalue weighted by atomic mass is 10.1. The van der Waals surface area contributed by atoms with Gasteiger partial charge in [-0.15, -0.1) is 0 Å². The van der Waals surface area contributed by atoms with Crippen LogP contribution in [0.15, 0.2) is 30.5 Å². The van der Waals surface area contributed by atoms with E-state index in [1.165, 1.54) is 29.3 Å². The van der Waals surface area contributed by atoms with Crippen LogP contribution in [-0.4, -0.2) is 4.98 Å². The first kappa shape index (κ1) is 9.81. The highest BCUT2D eigenvalue weighted by Crippen LogP contribution is 2.18. The van der Waals surface area contributed by atoms with Gasteiger partial charge in [0, 0.05) is 17.1 Å². The van der Waals surface area contributed by atoms with Gasteiger partial charge in [-0.3, -0.25) is 0 Å². The summed E-state index contributed by atoms with van der Waals surface area (Å²) >= 11 is 0. The number of rotatable bonds is 2. The molecule has 0 saturated heterocycles. The molecule has 4 N–H and O–H groups in total. The summed E-state index contributed by atoms with van der Waals surface area (Å²) in [6, 6.07) is 8.45. The van der Waals surface area contributed by atoms with Gasteiger partial charge in [0.05, 0.1) is 0 Å². The van der Waals surface area contributed by atoms with Crippen molar-refractivity contribution in [1.82, 2.24) is 11.1 Å². The standard InChI is InChI=1S/C11H13N.H3N/c1-2-5-9-8-12-11-7-4-3-6-10(9)11;/h3-4,6-8,12H,2,5H2,1H3;1H3. The van der Waals surface area contributed by atoms with E-state index in [-0.39, 0.29) is 6.15 Å². The van der Waals surface area contributed by atoms with Crippen molar-refractivity contribution in [3.05, 3.63) is 36.0 Å². The summed E-state index contributed by atoms with van der Waals surface area (Å²) in [5.41, 5.74) is 2.69. The monoisotopic (exact) mass is 176 g/mol. The number of fused-ring (bicyclic) bond motifs is 1. The van der Waals surface area contributed by atoms with Crippen LogP contribution < -0.4 is 6.15 Å². The lowest BCUT2D eigenvalue weighted by Crippen LogP contribution is -1.77. The average molecular weight is 176 g/mol. The first-order valence-corrected chi connectivity index (χ1v) is 4.47. The Hall–Kier alpha value is -1.28. The van der Waals surface area contributed by atoms with E-state index >= 15 is 0 Å². The van der Waals surface area contributed by atoms with Gasteiger partial charge in [-0.2, -0.15) is 0 Å². The molecule has 0 bridgehead atoms. The molecule has 0 radical (unpaired) electrons. The van der Waals surface area contributed by atoms with Gasteiger partial charge in [-0.25, -0.2) is 0 Å². The number of hydrogen-bond acceptors (Lipinski definition) is 1. The summed E-state index contributed by atoms with van der Waals surface area (Å²) in [5.74, 6) is 0. The van der Waals surface area contributed by atoms with E-state index in [4.69, 9.17) is 0 Å². The number of aromatic amines is 1. The molecule has 0 saturated carbocycles. The zero-order valence-corrected chi connectivity index (χ0v) is 8.01. The second kappa shape index (κ2) is 4.10. The molecule has 0 aliphatic heterocycles. The summed E-state index contributed by atoms with van der Waals surface area (Å²) in [5, 5.41) is 1.37. The Morgan fingerprint density at radius 3 is 2.77 bits per heavy atom. The highest BCUT2D eigenvalue weighted by Gasteiger charge is 1.99. The highest BCUT2D eigenvalue weighted by molar-refractivity contribution is 5.82. The third-order valence-electron chi connectivity index (χ3n) is 2.19. The predicted octanol–water partition coefficient (Wildman–Crippen LogP) is 3.28. The van der Waals surface area contributed by atoms with Crippen molar-refractivity contribution in [3.8, 4) is 0 Å². The van der Waals surface area contributed by atoms with E-state index in [9.17, 15) is 0 Å². The van der Waals surface area contributed by atoms with Gasteiger partial charge in [0.1, 0.15) is 0 Å². The van der Waals surface area contributed by atoms with E-state index < -0.39 is 0 Å². The van der Waals surface area contributed by atoms with Crippen LogP contribution in [0.3, 0.4) is 0 Å². The molecule has 0 unspecified atom stereocenters. The van der Waals surface area contributed by atoms with E-state index in [0.717, 1.165) is 0 Å². The van der Waals surface area contributed by atoms with Crippen LogP contribution in [-0.2, 0) is 6.42 Å². The Balaban J connectivity index is 0.000000845. The second-order valence-electron chi connectivity index (χ2n) is 3.11. The minimum Gasteiger partial charge on any atom is -0.361 e. The van der Waals surface area contributed by atoms with Gasteiger partial charge in [-0.05, 0) is 18.1 Å². The molecule has 13 heavy (non-hydrogen) atoms. The van der Waals surface area contributed by atoms with Crippen molar-refractivity contribution >= 4 is 10.9 Å². The third kappa shape index (κ3) is 1.73. The van der Waals surface area contributed by atoms with Crippen LogP contribution in [0.25, 0.3) is 10.9 Å². The lowest BCUT2D eigenvalue weighted by Gasteiger charge is -1.93. The normalized spacial score (nSPS) is 9.92. The molecule has 1 aromatic heterocycles. The van der Waals surface area contributed by atoms with Crippen LogP contribution in [0, 0.1) is 0 Å². The van der Waals surface area contributed by atoms with E-state index in [1.54, 1.807) is 0 Å². The smallest absolute Gasteiger partial charge is 0.0456 e. The maximum absolute atomic E-state index is 3.27. The van der Waals surface area contributed by atoms with Crippen molar-refractivity contribution in [2.24, 2.45) is 0 Å². The number of H-pyrrole nitrogens is 1. The van der Waals surface area contributed by atoms with Gasteiger partial charge in [0.2, 0.25) is 0 Å². The minimum absolute atomic E-state index is 0. The van der Waals surface area contributed by atoms with Gasteiger partial charge >= 0.3 is 0 Å².